The summed E-state index contributed by atoms with van der Waals surface area (Å²) in [5.41, 5.74) is 0.583. The van der Waals surface area contributed by atoms with Crippen LogP contribution in [0.4, 0.5) is 0 Å². The van der Waals surface area contributed by atoms with Gasteiger partial charge < -0.3 is 9.84 Å². The molecule has 0 spiro atoms. The molecule has 1 aromatic rings. The SMILES string of the molecule is CCC(=O)OCC(C)C1(O)CCN(Cc2ccccc2)CC1. The van der Waals surface area contributed by atoms with Gasteiger partial charge in [-0.05, 0) is 18.4 Å². The number of hydrogen-bond acceptors (Lipinski definition) is 4. The molecule has 0 amide bonds. The predicted octanol–water partition coefficient (Wildman–Crippen LogP) is 2.60. The molecule has 0 aromatic heterocycles. The van der Waals surface area contributed by atoms with Crippen molar-refractivity contribution in [2.45, 2.75) is 45.3 Å². The molecule has 1 fully saturated rings. The van der Waals surface area contributed by atoms with Gasteiger partial charge in [-0.2, -0.15) is 0 Å². The Morgan fingerprint density at radius 2 is 1.95 bits per heavy atom. The number of nitrogens with zero attached hydrogens (tertiary/aromatic N) is 1. The normalized spacial score (nSPS) is 19.6. The molecule has 1 aliphatic heterocycles. The van der Waals surface area contributed by atoms with E-state index in [-0.39, 0.29) is 11.9 Å². The molecule has 22 heavy (non-hydrogen) atoms. The molecule has 1 saturated heterocycles. The van der Waals surface area contributed by atoms with Crippen LogP contribution in [0.2, 0.25) is 0 Å². The fourth-order valence-corrected chi connectivity index (χ4v) is 2.91. The third-order valence-corrected chi connectivity index (χ3v) is 4.67. The molecule has 0 saturated carbocycles. The van der Waals surface area contributed by atoms with Crippen LogP contribution in [0.15, 0.2) is 30.3 Å². The Morgan fingerprint density at radius 3 is 2.55 bits per heavy atom. The number of rotatable bonds is 6. The van der Waals surface area contributed by atoms with E-state index >= 15 is 0 Å². The zero-order valence-electron chi connectivity index (χ0n) is 13.6. The van der Waals surface area contributed by atoms with E-state index in [4.69, 9.17) is 4.74 Å². The van der Waals surface area contributed by atoms with Gasteiger partial charge in [0.15, 0.2) is 0 Å². The van der Waals surface area contributed by atoms with Gasteiger partial charge in [-0.3, -0.25) is 9.69 Å². The van der Waals surface area contributed by atoms with Crippen molar-refractivity contribution in [1.82, 2.24) is 4.90 Å². The molecule has 0 aliphatic carbocycles. The highest BCUT2D eigenvalue weighted by Crippen LogP contribution is 2.30. The van der Waals surface area contributed by atoms with Crippen LogP contribution in [0, 0.1) is 5.92 Å². The highest BCUT2D eigenvalue weighted by molar-refractivity contribution is 5.68. The third-order valence-electron chi connectivity index (χ3n) is 4.67. The molecule has 2 rings (SSSR count). The van der Waals surface area contributed by atoms with Crippen LogP contribution in [0.1, 0.15) is 38.7 Å². The van der Waals surface area contributed by atoms with Crippen molar-refractivity contribution >= 4 is 5.97 Å². The lowest BCUT2D eigenvalue weighted by atomic mass is 9.81. The summed E-state index contributed by atoms with van der Waals surface area (Å²) in [5.74, 6) is -0.223. The van der Waals surface area contributed by atoms with Gasteiger partial charge in [0.1, 0.15) is 0 Å². The van der Waals surface area contributed by atoms with Gasteiger partial charge in [-0.25, -0.2) is 0 Å². The fourth-order valence-electron chi connectivity index (χ4n) is 2.91. The average molecular weight is 305 g/mol. The van der Waals surface area contributed by atoms with Gasteiger partial charge in [0, 0.05) is 32.0 Å². The first-order chi connectivity index (χ1) is 10.5. The maximum atomic E-state index is 11.2. The first-order valence-electron chi connectivity index (χ1n) is 8.18. The lowest BCUT2D eigenvalue weighted by Gasteiger charge is -2.41. The number of piperidine rings is 1. The highest BCUT2D eigenvalue weighted by atomic mass is 16.5. The van der Waals surface area contributed by atoms with Crippen LogP contribution < -0.4 is 0 Å². The van der Waals surface area contributed by atoms with Gasteiger partial charge in [0.2, 0.25) is 0 Å². The maximum absolute atomic E-state index is 11.2. The number of carbonyl (C=O) groups is 1. The van der Waals surface area contributed by atoms with Gasteiger partial charge in [0.25, 0.3) is 0 Å². The number of benzene rings is 1. The predicted molar refractivity (Wildman–Crippen MR) is 86.3 cm³/mol. The summed E-state index contributed by atoms with van der Waals surface area (Å²) in [4.78, 5) is 13.6. The van der Waals surface area contributed by atoms with E-state index in [2.05, 4.69) is 29.2 Å². The van der Waals surface area contributed by atoms with E-state index < -0.39 is 5.60 Å². The van der Waals surface area contributed by atoms with Crippen LogP contribution in [0.5, 0.6) is 0 Å². The van der Waals surface area contributed by atoms with E-state index in [1.165, 1.54) is 5.56 Å². The Hall–Kier alpha value is -1.39. The monoisotopic (exact) mass is 305 g/mol. The molecule has 1 aromatic carbocycles. The molecule has 1 aliphatic rings. The van der Waals surface area contributed by atoms with Gasteiger partial charge in [-0.1, -0.05) is 44.2 Å². The summed E-state index contributed by atoms with van der Waals surface area (Å²) < 4.78 is 5.18. The average Bonchev–Trinajstić information content (AvgIpc) is 2.55. The topological polar surface area (TPSA) is 49.8 Å². The second-order valence-corrected chi connectivity index (χ2v) is 6.30. The quantitative estimate of drug-likeness (QED) is 0.821. The molecular weight excluding hydrogens is 278 g/mol. The molecule has 4 nitrogen and oxygen atoms in total. The molecule has 0 bridgehead atoms. The number of likely N-dealkylation sites (tertiary alicyclic amines) is 1. The zero-order valence-corrected chi connectivity index (χ0v) is 13.6. The number of aliphatic hydroxyl groups is 1. The first-order valence-corrected chi connectivity index (χ1v) is 8.18. The number of carbonyl (C=O) groups excluding carboxylic acids is 1. The van der Waals surface area contributed by atoms with E-state index in [0.29, 0.717) is 13.0 Å². The second kappa shape index (κ2) is 7.75. The lowest BCUT2D eigenvalue weighted by Crippen LogP contribution is -2.49. The summed E-state index contributed by atoms with van der Waals surface area (Å²) >= 11 is 0. The highest BCUT2D eigenvalue weighted by Gasteiger charge is 2.37. The minimum absolute atomic E-state index is 0.0260. The van der Waals surface area contributed by atoms with Crippen LogP contribution >= 0.6 is 0 Å². The van der Waals surface area contributed by atoms with Crippen molar-refractivity contribution in [3.8, 4) is 0 Å². The van der Waals surface area contributed by atoms with E-state index in [9.17, 15) is 9.90 Å². The van der Waals surface area contributed by atoms with E-state index in [0.717, 1.165) is 32.5 Å². The van der Waals surface area contributed by atoms with Gasteiger partial charge in [0.05, 0.1) is 12.2 Å². The first kappa shape index (κ1) is 17.0. The van der Waals surface area contributed by atoms with Crippen molar-refractivity contribution in [1.29, 1.82) is 0 Å². The number of hydrogen-bond donors (Lipinski definition) is 1. The Labute approximate surface area is 133 Å². The molecule has 1 heterocycles. The Kier molecular flexibility index (Phi) is 5.98. The van der Waals surface area contributed by atoms with E-state index in [1.807, 2.05) is 13.0 Å². The molecule has 1 N–H and O–H groups in total. The molecule has 4 heteroatoms. The standard InChI is InChI=1S/C18H27NO3/c1-3-17(20)22-14-15(2)18(21)9-11-19(12-10-18)13-16-7-5-4-6-8-16/h4-8,15,21H,3,9-14H2,1-2H3. The summed E-state index contributed by atoms with van der Waals surface area (Å²) in [5, 5.41) is 10.8. The van der Waals surface area contributed by atoms with Crippen molar-refractivity contribution in [3.63, 3.8) is 0 Å². The summed E-state index contributed by atoms with van der Waals surface area (Å²) in [6.07, 6.45) is 1.84. The minimum atomic E-state index is -0.721. The Bertz CT molecular complexity index is 466. The van der Waals surface area contributed by atoms with Crippen LogP contribution in [0.3, 0.4) is 0 Å². The van der Waals surface area contributed by atoms with E-state index in [1.54, 1.807) is 6.92 Å². The van der Waals surface area contributed by atoms with Crippen LogP contribution in [-0.4, -0.2) is 41.3 Å². The van der Waals surface area contributed by atoms with Crippen molar-refractivity contribution < 1.29 is 14.6 Å². The molecular formula is C18H27NO3. The van der Waals surface area contributed by atoms with Crippen molar-refractivity contribution in [2.24, 2.45) is 5.92 Å². The number of esters is 1. The summed E-state index contributed by atoms with van der Waals surface area (Å²) in [7, 11) is 0. The van der Waals surface area contributed by atoms with Crippen molar-refractivity contribution in [2.75, 3.05) is 19.7 Å². The zero-order chi connectivity index (χ0) is 16.0. The minimum Gasteiger partial charge on any atom is -0.465 e. The van der Waals surface area contributed by atoms with Crippen LogP contribution in [0.25, 0.3) is 0 Å². The van der Waals surface area contributed by atoms with Crippen LogP contribution in [-0.2, 0) is 16.1 Å². The smallest absolute Gasteiger partial charge is 0.305 e. The molecule has 0 radical (unpaired) electrons. The molecule has 1 unspecified atom stereocenters. The second-order valence-electron chi connectivity index (χ2n) is 6.30. The third kappa shape index (κ3) is 4.55. The maximum Gasteiger partial charge on any atom is 0.305 e. The Balaban J connectivity index is 1.80. The largest absolute Gasteiger partial charge is 0.465 e. The summed E-state index contributed by atoms with van der Waals surface area (Å²) in [6.45, 7) is 6.73. The Morgan fingerprint density at radius 1 is 1.32 bits per heavy atom. The lowest BCUT2D eigenvalue weighted by molar-refractivity contribution is -0.149. The summed E-state index contributed by atoms with van der Waals surface area (Å²) in [6, 6.07) is 10.4. The molecule has 1 atom stereocenters. The van der Waals surface area contributed by atoms with Gasteiger partial charge >= 0.3 is 5.97 Å². The fraction of sp³-hybridized carbons (Fsp3) is 0.611. The van der Waals surface area contributed by atoms with Gasteiger partial charge in [-0.15, -0.1) is 0 Å². The molecule has 122 valence electrons. The van der Waals surface area contributed by atoms with Crippen molar-refractivity contribution in [3.05, 3.63) is 35.9 Å². The number of ether oxygens (including phenoxy) is 1.